The van der Waals surface area contributed by atoms with Crippen molar-refractivity contribution >= 4 is 10.8 Å². The Morgan fingerprint density at radius 3 is 2.64 bits per heavy atom. The van der Waals surface area contributed by atoms with Crippen molar-refractivity contribution < 1.29 is 13.2 Å². The summed E-state index contributed by atoms with van der Waals surface area (Å²) in [5.74, 6) is 1.13. The Morgan fingerprint density at radius 1 is 1.11 bits per heavy atom. The zero-order chi connectivity index (χ0) is 19.9. The average molecular weight is 388 g/mol. The second-order valence-electron chi connectivity index (χ2n) is 7.57. The first kappa shape index (κ1) is 18.9. The fraction of sp³-hybridized carbons (Fsp3) is 0.429. The summed E-state index contributed by atoms with van der Waals surface area (Å²) in [5, 5.41) is 2.15. The molecule has 3 heterocycles. The maximum Gasteiger partial charge on any atom is 0.390 e. The molecule has 0 spiro atoms. The standard InChI is InChI=1S/C21H23F3N4/c1-14-25-12-20(27(14)2)15-3-4-16-11-26-19(10-18(16)9-15)17-5-7-28(13-17)8-6-21(22,23)24/h3-4,9-12,17H,5-8,13H2,1-2H3. The monoisotopic (exact) mass is 388 g/mol. The largest absolute Gasteiger partial charge is 0.390 e. The number of fused-ring (bicyclic) bond motifs is 1. The number of hydrogen-bond acceptors (Lipinski definition) is 3. The van der Waals surface area contributed by atoms with E-state index in [1.807, 2.05) is 37.3 Å². The van der Waals surface area contributed by atoms with Crippen molar-refractivity contribution in [1.82, 2.24) is 19.4 Å². The third kappa shape index (κ3) is 3.90. The van der Waals surface area contributed by atoms with Gasteiger partial charge in [-0.05, 0) is 37.4 Å². The lowest BCUT2D eigenvalue weighted by Crippen LogP contribution is -2.26. The van der Waals surface area contributed by atoms with Crippen LogP contribution in [0.1, 0.15) is 30.3 Å². The lowest BCUT2D eigenvalue weighted by molar-refractivity contribution is -0.137. The summed E-state index contributed by atoms with van der Waals surface area (Å²) in [5.41, 5.74) is 3.10. The summed E-state index contributed by atoms with van der Waals surface area (Å²) in [7, 11) is 1.99. The smallest absolute Gasteiger partial charge is 0.331 e. The molecule has 0 radical (unpaired) electrons. The minimum atomic E-state index is -4.10. The second kappa shape index (κ2) is 7.20. The molecule has 0 aliphatic carbocycles. The number of nitrogens with zero attached hydrogens (tertiary/aromatic N) is 4. The summed E-state index contributed by atoms with van der Waals surface area (Å²) in [6.45, 7) is 3.36. The number of likely N-dealkylation sites (tertiary alicyclic amines) is 1. The molecule has 2 aromatic heterocycles. The quantitative estimate of drug-likeness (QED) is 0.651. The molecule has 3 aromatic rings. The lowest BCUT2D eigenvalue weighted by Gasteiger charge is -2.17. The van der Waals surface area contributed by atoms with Gasteiger partial charge in [-0.2, -0.15) is 13.2 Å². The molecule has 4 nitrogen and oxygen atoms in total. The van der Waals surface area contributed by atoms with Gasteiger partial charge in [0, 0.05) is 48.9 Å². The van der Waals surface area contributed by atoms with Gasteiger partial charge < -0.3 is 9.47 Å². The topological polar surface area (TPSA) is 34.0 Å². The highest BCUT2D eigenvalue weighted by molar-refractivity contribution is 5.86. The molecule has 1 saturated heterocycles. The first-order valence-electron chi connectivity index (χ1n) is 9.48. The molecule has 0 amide bonds. The Hall–Kier alpha value is -2.41. The van der Waals surface area contributed by atoms with E-state index in [2.05, 4.69) is 32.7 Å². The fourth-order valence-corrected chi connectivity index (χ4v) is 3.87. The Kier molecular flexibility index (Phi) is 4.87. The highest BCUT2D eigenvalue weighted by Gasteiger charge is 2.31. The van der Waals surface area contributed by atoms with Crippen molar-refractivity contribution in [3.8, 4) is 11.3 Å². The highest BCUT2D eigenvalue weighted by atomic mass is 19.4. The van der Waals surface area contributed by atoms with Gasteiger partial charge in [-0.1, -0.05) is 12.1 Å². The molecule has 0 N–H and O–H groups in total. The van der Waals surface area contributed by atoms with Crippen LogP contribution in [-0.2, 0) is 7.05 Å². The molecule has 7 heteroatoms. The molecule has 28 heavy (non-hydrogen) atoms. The molecule has 0 saturated carbocycles. The number of pyridine rings is 1. The van der Waals surface area contributed by atoms with Gasteiger partial charge >= 0.3 is 6.18 Å². The maximum atomic E-state index is 12.5. The van der Waals surface area contributed by atoms with E-state index in [1.54, 1.807) is 0 Å². The molecule has 1 unspecified atom stereocenters. The molecular formula is C21H23F3N4. The van der Waals surface area contributed by atoms with Crippen molar-refractivity contribution in [3.05, 3.63) is 48.2 Å². The van der Waals surface area contributed by atoms with Crippen molar-refractivity contribution in [1.29, 1.82) is 0 Å². The maximum absolute atomic E-state index is 12.5. The van der Waals surface area contributed by atoms with Crippen LogP contribution in [0.2, 0.25) is 0 Å². The van der Waals surface area contributed by atoms with Crippen molar-refractivity contribution in [3.63, 3.8) is 0 Å². The fourth-order valence-electron chi connectivity index (χ4n) is 3.87. The van der Waals surface area contributed by atoms with E-state index in [-0.39, 0.29) is 12.5 Å². The molecule has 1 aliphatic heterocycles. The summed E-state index contributed by atoms with van der Waals surface area (Å²) >= 11 is 0. The first-order chi connectivity index (χ1) is 13.3. The van der Waals surface area contributed by atoms with Crippen LogP contribution in [0.3, 0.4) is 0 Å². The summed E-state index contributed by atoms with van der Waals surface area (Å²) in [4.78, 5) is 10.8. The van der Waals surface area contributed by atoms with Gasteiger partial charge in [-0.15, -0.1) is 0 Å². The second-order valence-corrected chi connectivity index (χ2v) is 7.57. The third-order valence-electron chi connectivity index (χ3n) is 5.66. The van der Waals surface area contributed by atoms with Gasteiger partial charge in [0.25, 0.3) is 0 Å². The minimum Gasteiger partial charge on any atom is -0.331 e. The van der Waals surface area contributed by atoms with Gasteiger partial charge in [0.05, 0.1) is 18.3 Å². The Morgan fingerprint density at radius 2 is 1.93 bits per heavy atom. The number of rotatable bonds is 4. The molecule has 1 aliphatic rings. The Labute approximate surface area is 162 Å². The molecule has 1 fully saturated rings. The summed E-state index contributed by atoms with van der Waals surface area (Å²) in [6, 6.07) is 8.33. The van der Waals surface area contributed by atoms with Crippen LogP contribution >= 0.6 is 0 Å². The number of aryl methyl sites for hydroxylation is 1. The van der Waals surface area contributed by atoms with E-state index in [0.717, 1.165) is 40.0 Å². The number of alkyl halides is 3. The third-order valence-corrected chi connectivity index (χ3v) is 5.66. The van der Waals surface area contributed by atoms with Crippen molar-refractivity contribution in [2.75, 3.05) is 19.6 Å². The lowest BCUT2D eigenvalue weighted by atomic mass is 10.0. The minimum absolute atomic E-state index is 0.0670. The van der Waals surface area contributed by atoms with E-state index in [4.69, 9.17) is 0 Å². The molecule has 1 atom stereocenters. The molecule has 4 rings (SSSR count). The van der Waals surface area contributed by atoms with E-state index >= 15 is 0 Å². The molecule has 148 valence electrons. The van der Waals surface area contributed by atoms with Gasteiger partial charge in [-0.3, -0.25) is 4.98 Å². The van der Waals surface area contributed by atoms with E-state index in [9.17, 15) is 13.2 Å². The molecule has 0 bridgehead atoms. The molecule has 1 aromatic carbocycles. The van der Waals surface area contributed by atoms with Crippen molar-refractivity contribution in [2.24, 2.45) is 7.05 Å². The van der Waals surface area contributed by atoms with E-state index in [1.165, 1.54) is 0 Å². The Bertz CT molecular complexity index is 993. The number of hydrogen-bond donors (Lipinski definition) is 0. The van der Waals surface area contributed by atoms with Crippen LogP contribution in [0.15, 0.2) is 36.7 Å². The number of benzene rings is 1. The zero-order valence-corrected chi connectivity index (χ0v) is 16.0. The number of imidazole rings is 1. The SMILES string of the molecule is Cc1ncc(-c2ccc3cnc(C4CCN(CCC(F)(F)F)C4)cc3c2)n1C. The first-order valence-corrected chi connectivity index (χ1v) is 9.48. The normalized spacial score (nSPS) is 18.2. The zero-order valence-electron chi connectivity index (χ0n) is 16.0. The number of halogens is 3. The van der Waals surface area contributed by atoms with E-state index in [0.29, 0.717) is 13.1 Å². The van der Waals surface area contributed by atoms with Crippen LogP contribution in [0, 0.1) is 6.92 Å². The summed E-state index contributed by atoms with van der Waals surface area (Å²) < 4.78 is 39.5. The predicted octanol–water partition coefficient (Wildman–Crippen LogP) is 4.69. The van der Waals surface area contributed by atoms with Crippen LogP contribution in [-0.4, -0.2) is 45.2 Å². The van der Waals surface area contributed by atoms with Crippen LogP contribution in [0.5, 0.6) is 0 Å². The highest BCUT2D eigenvalue weighted by Crippen LogP contribution is 2.31. The van der Waals surface area contributed by atoms with Gasteiger partial charge in [0.1, 0.15) is 5.82 Å². The van der Waals surface area contributed by atoms with Gasteiger partial charge in [0.2, 0.25) is 0 Å². The van der Waals surface area contributed by atoms with E-state index < -0.39 is 12.6 Å². The van der Waals surface area contributed by atoms with Gasteiger partial charge in [-0.25, -0.2) is 4.98 Å². The van der Waals surface area contributed by atoms with Crippen LogP contribution < -0.4 is 0 Å². The van der Waals surface area contributed by atoms with Gasteiger partial charge in [0.15, 0.2) is 0 Å². The molecular weight excluding hydrogens is 365 g/mol. The predicted molar refractivity (Wildman–Crippen MR) is 103 cm³/mol. The summed E-state index contributed by atoms with van der Waals surface area (Å²) in [6.07, 6.45) is -0.273. The Balaban J connectivity index is 1.55. The van der Waals surface area contributed by atoms with Crippen LogP contribution in [0.25, 0.3) is 22.0 Å². The average Bonchev–Trinajstić information content (AvgIpc) is 3.26. The number of aromatic nitrogens is 3. The van der Waals surface area contributed by atoms with Crippen LogP contribution in [0.4, 0.5) is 13.2 Å². The van der Waals surface area contributed by atoms with Crippen molar-refractivity contribution in [2.45, 2.75) is 31.9 Å².